The Balaban J connectivity index is 1.87. The molecule has 31 heavy (non-hydrogen) atoms. The standard InChI is InChI=1S/C21H34N4O5S/c1-5-8-10-27-14-16-15(29-11-9-6-2)12-21(26,30-16)17-13-22-18-19(28-7-3)23-20(31-4)24-25(17)18/h13,15-16,26H,5-12,14H2,1-4H3/t15-,16+,21+/m0/s1. The van der Waals surface area contributed by atoms with Gasteiger partial charge in [-0.15, -0.1) is 5.10 Å². The number of aliphatic hydroxyl groups is 1. The van der Waals surface area contributed by atoms with Crippen LogP contribution in [0.2, 0.25) is 0 Å². The van der Waals surface area contributed by atoms with Gasteiger partial charge in [0, 0.05) is 19.6 Å². The highest BCUT2D eigenvalue weighted by Crippen LogP contribution is 2.39. The van der Waals surface area contributed by atoms with Crippen molar-refractivity contribution in [2.75, 3.05) is 32.7 Å². The van der Waals surface area contributed by atoms with Crippen molar-refractivity contribution in [2.24, 2.45) is 0 Å². The Morgan fingerprint density at radius 2 is 2.03 bits per heavy atom. The van der Waals surface area contributed by atoms with Gasteiger partial charge < -0.3 is 24.1 Å². The molecule has 0 radical (unpaired) electrons. The molecule has 174 valence electrons. The number of fused-ring (bicyclic) bond motifs is 1. The van der Waals surface area contributed by atoms with Gasteiger partial charge in [-0.2, -0.15) is 4.98 Å². The zero-order valence-electron chi connectivity index (χ0n) is 18.9. The van der Waals surface area contributed by atoms with E-state index in [0.717, 1.165) is 25.7 Å². The molecule has 0 unspecified atom stereocenters. The number of aromatic nitrogens is 4. The molecule has 2 aromatic rings. The number of nitrogens with zero attached hydrogens (tertiary/aromatic N) is 4. The van der Waals surface area contributed by atoms with Crippen LogP contribution in [0, 0.1) is 0 Å². The SMILES string of the molecule is CCCCOC[C@H]1O[C@@](O)(c2cnc3c(OCC)nc(SC)nn23)C[C@@H]1OCCCC. The van der Waals surface area contributed by atoms with Crippen molar-refractivity contribution in [1.82, 2.24) is 19.6 Å². The maximum absolute atomic E-state index is 11.5. The quantitative estimate of drug-likeness (QED) is 0.361. The van der Waals surface area contributed by atoms with Crippen molar-refractivity contribution in [2.45, 2.75) is 76.0 Å². The van der Waals surface area contributed by atoms with E-state index in [-0.39, 0.29) is 18.6 Å². The Bertz CT molecular complexity index is 835. The summed E-state index contributed by atoms with van der Waals surface area (Å²) >= 11 is 1.39. The molecule has 10 heteroatoms. The largest absolute Gasteiger partial charge is 0.475 e. The molecule has 1 saturated heterocycles. The fourth-order valence-electron chi connectivity index (χ4n) is 3.50. The minimum Gasteiger partial charge on any atom is -0.475 e. The molecule has 0 aliphatic carbocycles. The van der Waals surface area contributed by atoms with Crippen LogP contribution in [0.25, 0.3) is 5.65 Å². The number of imidazole rings is 1. The van der Waals surface area contributed by atoms with Gasteiger partial charge in [0.25, 0.3) is 5.88 Å². The third kappa shape index (κ3) is 5.67. The van der Waals surface area contributed by atoms with Crippen LogP contribution in [-0.4, -0.2) is 69.6 Å². The molecule has 2 aromatic heterocycles. The van der Waals surface area contributed by atoms with E-state index in [0.29, 0.717) is 48.8 Å². The minimum atomic E-state index is -1.59. The summed E-state index contributed by atoms with van der Waals surface area (Å²) in [5.41, 5.74) is 0.874. The van der Waals surface area contributed by atoms with Crippen LogP contribution in [0.5, 0.6) is 5.88 Å². The van der Waals surface area contributed by atoms with Crippen molar-refractivity contribution in [1.29, 1.82) is 0 Å². The summed E-state index contributed by atoms with van der Waals surface area (Å²) in [6.07, 6.45) is 7.11. The Kier molecular flexibility index (Phi) is 8.91. The van der Waals surface area contributed by atoms with Crippen molar-refractivity contribution < 1.29 is 24.1 Å². The van der Waals surface area contributed by atoms with Crippen molar-refractivity contribution in [3.63, 3.8) is 0 Å². The van der Waals surface area contributed by atoms with E-state index < -0.39 is 5.79 Å². The number of thioether (sulfide) groups is 1. The molecule has 0 bridgehead atoms. The summed E-state index contributed by atoms with van der Waals surface area (Å²) in [5.74, 6) is -1.22. The maximum Gasteiger partial charge on any atom is 0.262 e. The van der Waals surface area contributed by atoms with Gasteiger partial charge >= 0.3 is 0 Å². The highest BCUT2D eigenvalue weighted by Gasteiger charge is 2.49. The third-order valence-electron chi connectivity index (χ3n) is 5.17. The number of hydrogen-bond donors (Lipinski definition) is 1. The van der Waals surface area contributed by atoms with Crippen LogP contribution in [0.1, 0.15) is 58.6 Å². The predicted molar refractivity (Wildman–Crippen MR) is 117 cm³/mol. The second kappa shape index (κ2) is 11.4. The van der Waals surface area contributed by atoms with Gasteiger partial charge in [0.2, 0.25) is 16.6 Å². The molecule has 1 N–H and O–H groups in total. The molecule has 1 aliphatic rings. The third-order valence-corrected chi connectivity index (χ3v) is 5.71. The summed E-state index contributed by atoms with van der Waals surface area (Å²) < 4.78 is 25.2. The topological polar surface area (TPSA) is 100 Å². The van der Waals surface area contributed by atoms with Crippen molar-refractivity contribution in [3.8, 4) is 5.88 Å². The number of unbranched alkanes of at least 4 members (excludes halogenated alkanes) is 2. The molecule has 3 atom stereocenters. The second-order valence-electron chi connectivity index (χ2n) is 7.55. The zero-order chi connectivity index (χ0) is 22.3. The highest BCUT2D eigenvalue weighted by atomic mass is 32.2. The fraction of sp³-hybridized carbons (Fsp3) is 0.762. The molecular weight excluding hydrogens is 420 g/mol. The minimum absolute atomic E-state index is 0.273. The molecule has 9 nitrogen and oxygen atoms in total. The van der Waals surface area contributed by atoms with Gasteiger partial charge in [0.15, 0.2) is 0 Å². The van der Waals surface area contributed by atoms with Crippen LogP contribution >= 0.6 is 11.8 Å². The first kappa shape index (κ1) is 24.2. The fourth-order valence-corrected chi connectivity index (χ4v) is 3.84. The molecule has 1 aliphatic heterocycles. The van der Waals surface area contributed by atoms with Crippen LogP contribution < -0.4 is 4.74 Å². The molecule has 0 spiro atoms. The molecule has 0 saturated carbocycles. The van der Waals surface area contributed by atoms with E-state index in [4.69, 9.17) is 18.9 Å². The summed E-state index contributed by atoms with van der Waals surface area (Å²) in [6, 6.07) is 0. The van der Waals surface area contributed by atoms with E-state index in [9.17, 15) is 5.11 Å². The van der Waals surface area contributed by atoms with Crippen LogP contribution in [-0.2, 0) is 20.0 Å². The van der Waals surface area contributed by atoms with E-state index in [1.807, 2.05) is 13.2 Å². The van der Waals surface area contributed by atoms with Crippen molar-refractivity contribution in [3.05, 3.63) is 11.9 Å². The van der Waals surface area contributed by atoms with E-state index in [2.05, 4.69) is 28.9 Å². The molecule has 0 amide bonds. The van der Waals surface area contributed by atoms with Crippen LogP contribution in [0.15, 0.2) is 11.4 Å². The van der Waals surface area contributed by atoms with Crippen LogP contribution in [0.4, 0.5) is 0 Å². The smallest absolute Gasteiger partial charge is 0.262 e. The molecule has 3 rings (SSSR count). The normalized spacial score (nSPS) is 23.6. The summed E-state index contributed by atoms with van der Waals surface area (Å²) in [4.78, 5) is 8.79. The monoisotopic (exact) mass is 454 g/mol. The number of rotatable bonds is 13. The first-order valence-corrected chi connectivity index (χ1v) is 12.3. The first-order valence-electron chi connectivity index (χ1n) is 11.1. The lowest BCUT2D eigenvalue weighted by atomic mass is 10.1. The van der Waals surface area contributed by atoms with Gasteiger partial charge in [-0.25, -0.2) is 9.50 Å². The van der Waals surface area contributed by atoms with E-state index in [1.54, 1.807) is 10.7 Å². The average molecular weight is 455 g/mol. The average Bonchev–Trinajstić information content (AvgIpc) is 3.34. The number of hydrogen-bond acceptors (Lipinski definition) is 9. The Hall–Kier alpha value is -1.46. The summed E-state index contributed by atoms with van der Waals surface area (Å²) in [7, 11) is 0. The van der Waals surface area contributed by atoms with Crippen LogP contribution in [0.3, 0.4) is 0 Å². The lowest BCUT2D eigenvalue weighted by Crippen LogP contribution is -2.31. The molecule has 1 fully saturated rings. The second-order valence-corrected chi connectivity index (χ2v) is 8.32. The highest BCUT2D eigenvalue weighted by molar-refractivity contribution is 7.98. The van der Waals surface area contributed by atoms with Gasteiger partial charge in [-0.1, -0.05) is 38.5 Å². The lowest BCUT2D eigenvalue weighted by Gasteiger charge is -2.22. The summed E-state index contributed by atoms with van der Waals surface area (Å²) in [6.45, 7) is 8.22. The van der Waals surface area contributed by atoms with Gasteiger partial charge in [-0.3, -0.25) is 0 Å². The molecular formula is C21H34N4O5S. The van der Waals surface area contributed by atoms with E-state index >= 15 is 0 Å². The molecule has 3 heterocycles. The Morgan fingerprint density at radius 3 is 2.74 bits per heavy atom. The van der Waals surface area contributed by atoms with E-state index in [1.165, 1.54) is 11.8 Å². The summed E-state index contributed by atoms with van der Waals surface area (Å²) in [5, 5.41) is 16.5. The Labute approximate surface area is 187 Å². The van der Waals surface area contributed by atoms with Gasteiger partial charge in [0.05, 0.1) is 25.5 Å². The first-order chi connectivity index (χ1) is 15.1. The number of ether oxygens (including phenoxy) is 4. The van der Waals surface area contributed by atoms with Gasteiger partial charge in [0.1, 0.15) is 11.8 Å². The predicted octanol–water partition coefficient (Wildman–Crippen LogP) is 3.18. The Morgan fingerprint density at radius 1 is 1.26 bits per heavy atom. The lowest BCUT2D eigenvalue weighted by molar-refractivity contribution is -0.213. The van der Waals surface area contributed by atoms with Gasteiger partial charge in [-0.05, 0) is 26.0 Å². The zero-order valence-corrected chi connectivity index (χ0v) is 19.7. The molecule has 0 aromatic carbocycles. The maximum atomic E-state index is 11.5. The van der Waals surface area contributed by atoms with Crippen molar-refractivity contribution >= 4 is 17.4 Å².